The van der Waals surface area contributed by atoms with Gasteiger partial charge in [-0.15, -0.1) is 0 Å². The summed E-state index contributed by atoms with van der Waals surface area (Å²) in [5.74, 6) is -26.0. The molecular weight excluding hydrogens is 1860 g/mol. The SMILES string of the molecule is CCCC[C@H](NC(=O)[C@H](CCC(N)=O)NC(=O)[C@H](CCCCN)NC(=O)[C@@H](CCc1ccccc1)NC(=O)[C@H](CC(C)C)NC(=O)CCC(=O)O)C(=O)N[C@@H](CCC(=O)O)C(=O)N[C@@H](CCC(=O)O)C(=O)N[C@@H](CCC(=O)O)C(=O)N[C@@H](C)C(=O)N[C@H](C(=O)N[C@H](CCCNC(=N)N)C(=O)N[C@@H](CC(C)C)C(=O)N[C@@H](Cc1ccccc1)C(=O)N[C@@H](CC(C)(C)C)C(=O)N[C@@H](CCC(=O)O)C(=O)NC)C(C)C. The Morgan fingerprint density at radius 3 is 1.04 bits per heavy atom. The predicted octanol–water partition coefficient (Wildman–Crippen LogP) is -1.74. The minimum atomic E-state index is -2.02. The highest BCUT2D eigenvalue weighted by atomic mass is 16.4. The van der Waals surface area contributed by atoms with Gasteiger partial charge in [0.1, 0.15) is 90.6 Å². The molecule has 17 amide bonds. The van der Waals surface area contributed by atoms with Crippen LogP contribution in [-0.2, 0) is 118 Å². The highest BCUT2D eigenvalue weighted by Crippen LogP contribution is 2.23. The van der Waals surface area contributed by atoms with Gasteiger partial charge in [-0.25, -0.2) is 0 Å². The summed E-state index contributed by atoms with van der Waals surface area (Å²) in [7, 11) is 1.29. The monoisotopic (exact) mass is 2000 g/mol. The van der Waals surface area contributed by atoms with Gasteiger partial charge in [0.2, 0.25) is 100 Å². The van der Waals surface area contributed by atoms with E-state index in [2.05, 4.69) is 90.4 Å². The van der Waals surface area contributed by atoms with E-state index in [0.717, 1.165) is 12.5 Å². The maximum Gasteiger partial charge on any atom is 0.303 e. The summed E-state index contributed by atoms with van der Waals surface area (Å²) in [6.07, 6.45) is -7.47. The van der Waals surface area contributed by atoms with Gasteiger partial charge in [0.25, 0.3) is 0 Å². The molecule has 792 valence electrons. The number of benzene rings is 2. The number of hydrogen-bond donors (Lipinski definition) is 26. The Morgan fingerprint density at radius 1 is 0.338 bits per heavy atom. The number of primary amides is 1. The van der Waals surface area contributed by atoms with Gasteiger partial charge in [0.05, 0.1) is 6.42 Å². The summed E-state index contributed by atoms with van der Waals surface area (Å²) in [5.41, 5.74) is 17.5. The molecule has 2 aromatic carbocycles. The van der Waals surface area contributed by atoms with Gasteiger partial charge >= 0.3 is 29.8 Å². The van der Waals surface area contributed by atoms with Crippen LogP contribution in [0.5, 0.6) is 0 Å². The topological polar surface area (TPSA) is 783 Å². The second-order valence-corrected chi connectivity index (χ2v) is 37.2. The molecule has 0 spiro atoms. The highest BCUT2D eigenvalue weighted by Gasteiger charge is 2.41. The van der Waals surface area contributed by atoms with Crippen molar-refractivity contribution in [3.05, 3.63) is 71.8 Å². The van der Waals surface area contributed by atoms with Gasteiger partial charge in [-0.2, -0.15) is 0 Å². The van der Waals surface area contributed by atoms with Crippen LogP contribution in [0.25, 0.3) is 0 Å². The summed E-state index contributed by atoms with van der Waals surface area (Å²) in [4.78, 5) is 301. The number of aliphatic carboxylic acids is 5. The van der Waals surface area contributed by atoms with E-state index in [1.165, 1.54) is 20.9 Å². The molecule has 0 aliphatic rings. The van der Waals surface area contributed by atoms with Crippen LogP contribution in [0, 0.1) is 28.6 Å². The molecule has 0 unspecified atom stereocenters. The second-order valence-electron chi connectivity index (χ2n) is 37.2. The average molecular weight is 2010 g/mol. The van der Waals surface area contributed by atoms with Crippen molar-refractivity contribution >= 4 is 136 Å². The molecule has 2 rings (SSSR count). The summed E-state index contributed by atoms with van der Waals surface area (Å²) in [6, 6.07) is -6.70. The Morgan fingerprint density at radius 2 is 0.662 bits per heavy atom. The number of unbranched alkanes of at least 4 members (excludes halogenated alkanes) is 2. The zero-order chi connectivity index (χ0) is 107. The number of guanidine groups is 1. The quantitative estimate of drug-likeness (QED) is 0.0198. The van der Waals surface area contributed by atoms with Crippen molar-refractivity contribution in [2.45, 2.75) is 334 Å². The molecule has 48 nitrogen and oxygen atoms in total. The maximum absolute atomic E-state index is 14.8. The number of carboxylic acid groups (broad SMARTS) is 5. The minimum absolute atomic E-state index is 0.0205. The number of rotatable bonds is 70. The molecule has 0 fully saturated rings. The van der Waals surface area contributed by atoms with Gasteiger partial charge in [-0.3, -0.25) is 111 Å². The lowest BCUT2D eigenvalue weighted by Gasteiger charge is -2.30. The number of nitrogens with two attached hydrogens (primary N) is 3. The zero-order valence-electron chi connectivity index (χ0n) is 82.9. The third kappa shape index (κ3) is 51.3. The Labute approximate surface area is 825 Å². The number of nitrogens with one attached hydrogen (secondary N) is 18. The molecule has 0 saturated heterocycles. The molecule has 142 heavy (non-hydrogen) atoms. The molecule has 48 heteroatoms. The van der Waals surface area contributed by atoms with Crippen LogP contribution in [0.2, 0.25) is 0 Å². The van der Waals surface area contributed by atoms with Crippen molar-refractivity contribution in [1.82, 2.24) is 90.4 Å². The normalized spacial score (nSPS) is 14.4. The summed E-state index contributed by atoms with van der Waals surface area (Å²) in [6.45, 7) is 18.2. The van der Waals surface area contributed by atoms with Crippen molar-refractivity contribution < 1.29 is 131 Å². The molecular formula is C94H149N21O27. The van der Waals surface area contributed by atoms with E-state index < -0.39 is 309 Å². The Hall–Kier alpha value is -14.0. The molecule has 0 aliphatic heterocycles. The van der Waals surface area contributed by atoms with Gasteiger partial charge in [-0.1, -0.05) is 143 Å². The minimum Gasteiger partial charge on any atom is -0.481 e. The van der Waals surface area contributed by atoms with Crippen molar-refractivity contribution in [3.63, 3.8) is 0 Å². The van der Waals surface area contributed by atoms with Crippen molar-refractivity contribution in [2.24, 2.45) is 40.4 Å². The number of aryl methyl sites for hydroxylation is 1. The third-order valence-electron chi connectivity index (χ3n) is 22.2. The lowest BCUT2D eigenvalue weighted by Crippen LogP contribution is -2.61. The Balaban J connectivity index is 2.61. The van der Waals surface area contributed by atoms with Crippen molar-refractivity contribution in [2.75, 3.05) is 20.1 Å². The molecule has 0 bridgehead atoms. The molecule has 0 aliphatic carbocycles. The average Bonchev–Trinajstić information content (AvgIpc) is 0.846. The number of amides is 17. The first-order valence-electron chi connectivity index (χ1n) is 47.7. The summed E-state index contributed by atoms with van der Waals surface area (Å²) < 4.78 is 0. The third-order valence-corrected chi connectivity index (χ3v) is 22.2. The molecule has 29 N–H and O–H groups in total. The van der Waals surface area contributed by atoms with E-state index >= 15 is 0 Å². The molecule has 0 aromatic heterocycles. The van der Waals surface area contributed by atoms with Gasteiger partial charge in [-0.05, 0) is 150 Å². The van der Waals surface area contributed by atoms with Crippen LogP contribution in [0.1, 0.15) is 241 Å². The standard InChI is InChI=1S/C94H149N21O27/c1-13-14-28-57(103-85(135)62(33-38-70(96)116)106-82(132)58(29-21-22-45-95)104-84(134)61(32-31-55-24-17-15-18-25-55)110-88(138)66(47-51(2)3)102-71(117)39-44-76(126)127)81(131)108-64(36-42-74(122)123)87(137)109-65(37-43-75(124)125)86(136)107-63(35-41-73(120)121)80(130)101-54(8)78(128)115-77(53(6)7)92(142)111-59(30-23-46-100-93(97)98)83(133)112-67(48-52(4)5)89(139)113-68(49-56-26-19-16-20-27-56)90(140)114-69(50-94(9,10)11)91(141)105-60(79(129)99-12)34-40-72(118)119/h15-20,24-27,51-54,57-69,77H,13-14,21-23,28-50,95H2,1-12H3,(H2,96,116)(H,99,129)(H,101,130)(H,102,117)(H,103,135)(H,104,134)(H,105,141)(H,106,132)(H,107,136)(H,108,131)(H,109,137)(H,110,138)(H,111,142)(H,112,133)(H,113,139)(H,114,140)(H,115,128)(H,118,119)(H,120,121)(H,122,123)(H,124,125)(H,126,127)(H4,97,98,100)/t54-,57-,58-,59+,60-,61+,62-,63-,64-,65-,66-,67-,68-,69-,77-/m0/s1. The molecule has 0 radical (unpaired) electrons. The number of carbonyl (C=O) groups excluding carboxylic acids is 17. The molecule has 15 atom stereocenters. The van der Waals surface area contributed by atoms with E-state index in [4.69, 9.17) is 22.6 Å². The van der Waals surface area contributed by atoms with Crippen LogP contribution in [-0.4, -0.2) is 273 Å². The molecule has 0 heterocycles. The van der Waals surface area contributed by atoms with Crippen LogP contribution in [0.15, 0.2) is 60.7 Å². The van der Waals surface area contributed by atoms with E-state index in [1.54, 1.807) is 116 Å². The number of carboxylic acids is 5. The van der Waals surface area contributed by atoms with Gasteiger partial charge < -0.3 is 133 Å². The van der Waals surface area contributed by atoms with Crippen molar-refractivity contribution in [1.29, 1.82) is 5.41 Å². The Kier molecular flexibility index (Phi) is 56.9. The zero-order valence-corrected chi connectivity index (χ0v) is 82.9. The van der Waals surface area contributed by atoms with Gasteiger partial charge in [0, 0.05) is 58.5 Å². The second kappa shape index (κ2) is 65.1. The first-order valence-corrected chi connectivity index (χ1v) is 47.7. The largest absolute Gasteiger partial charge is 0.481 e. The molecule has 2 aromatic rings. The number of carbonyl (C=O) groups is 22. The number of hydrogen-bond acceptors (Lipinski definition) is 24. The summed E-state index contributed by atoms with van der Waals surface area (Å²) in [5, 5.41) is 98.8. The van der Waals surface area contributed by atoms with E-state index in [1.807, 2.05) is 0 Å². The van der Waals surface area contributed by atoms with Crippen LogP contribution in [0.4, 0.5) is 0 Å². The predicted molar refractivity (Wildman–Crippen MR) is 516 cm³/mol. The first-order chi connectivity index (χ1) is 66.7. The Bertz CT molecular complexity index is 4580. The van der Waals surface area contributed by atoms with Crippen LogP contribution < -0.4 is 108 Å². The highest BCUT2D eigenvalue weighted by molar-refractivity contribution is 6.02. The fourth-order valence-electron chi connectivity index (χ4n) is 14.6. The van der Waals surface area contributed by atoms with E-state index in [9.17, 15) is 131 Å². The lowest BCUT2D eigenvalue weighted by molar-refractivity contribution is -0.140. The van der Waals surface area contributed by atoms with E-state index in [-0.39, 0.29) is 108 Å². The first kappa shape index (κ1) is 124. The van der Waals surface area contributed by atoms with Crippen LogP contribution >= 0.6 is 0 Å². The fourth-order valence-corrected chi connectivity index (χ4v) is 14.6. The summed E-state index contributed by atoms with van der Waals surface area (Å²) >= 11 is 0. The maximum atomic E-state index is 14.8. The number of likely N-dealkylation sites (N-methyl/N-ethyl adjacent to an activating group) is 1. The molecule has 0 saturated carbocycles. The fraction of sp³-hybridized carbons (Fsp3) is 0.628. The van der Waals surface area contributed by atoms with Gasteiger partial charge in [0.15, 0.2) is 5.96 Å². The van der Waals surface area contributed by atoms with Crippen molar-refractivity contribution in [3.8, 4) is 0 Å². The smallest absolute Gasteiger partial charge is 0.303 e. The van der Waals surface area contributed by atoms with Crippen LogP contribution in [0.3, 0.4) is 0 Å². The lowest BCUT2D eigenvalue weighted by atomic mass is 9.87. The van der Waals surface area contributed by atoms with E-state index in [0.29, 0.717) is 18.4 Å².